The van der Waals surface area contributed by atoms with E-state index in [1.165, 1.54) is 12.4 Å². The van der Waals surface area contributed by atoms with Crippen molar-refractivity contribution < 1.29 is 13.2 Å². The Morgan fingerprint density at radius 2 is 1.58 bits per heavy atom. The van der Waals surface area contributed by atoms with Crippen LogP contribution < -0.4 is 0 Å². The Morgan fingerprint density at radius 1 is 1.00 bits per heavy atom. The summed E-state index contributed by atoms with van der Waals surface area (Å²) >= 11 is 0. The Hall–Kier alpha value is -1.98. The standard InChI is InChI=1S/C13H12F3N3/c1-3-9-4-10(5-17-8(9)2)11-6-18-12(19-7-11)13(14,15)16/h4-7H,3H2,1-2H3. The second-order valence-electron chi connectivity index (χ2n) is 4.12. The Bertz CT molecular complexity index is 577. The molecule has 2 rings (SSSR count). The minimum atomic E-state index is -4.52. The zero-order valence-electron chi connectivity index (χ0n) is 10.5. The molecule has 0 radical (unpaired) electrons. The van der Waals surface area contributed by atoms with E-state index in [9.17, 15) is 13.2 Å². The van der Waals surface area contributed by atoms with Crippen molar-refractivity contribution in [2.75, 3.05) is 0 Å². The zero-order chi connectivity index (χ0) is 14.0. The van der Waals surface area contributed by atoms with Gasteiger partial charge >= 0.3 is 6.18 Å². The lowest BCUT2D eigenvalue weighted by atomic mass is 10.1. The van der Waals surface area contributed by atoms with Crippen LogP contribution in [0.2, 0.25) is 0 Å². The molecule has 0 unspecified atom stereocenters. The van der Waals surface area contributed by atoms with Crippen molar-refractivity contribution in [3.05, 3.63) is 41.7 Å². The fraction of sp³-hybridized carbons (Fsp3) is 0.308. The molecule has 0 fully saturated rings. The first-order valence-electron chi connectivity index (χ1n) is 5.77. The predicted molar refractivity (Wildman–Crippen MR) is 64.4 cm³/mol. The molecule has 0 spiro atoms. The van der Waals surface area contributed by atoms with Crippen LogP contribution in [0.15, 0.2) is 24.7 Å². The largest absolute Gasteiger partial charge is 0.451 e. The molecule has 0 saturated carbocycles. The number of aromatic nitrogens is 3. The molecule has 6 heteroatoms. The van der Waals surface area contributed by atoms with Crippen LogP contribution in [0.5, 0.6) is 0 Å². The zero-order valence-corrected chi connectivity index (χ0v) is 10.5. The molecule has 2 aromatic rings. The second-order valence-corrected chi connectivity index (χ2v) is 4.12. The number of alkyl halides is 3. The minimum Gasteiger partial charge on any atom is -0.261 e. The van der Waals surface area contributed by atoms with Crippen LogP contribution in [0.1, 0.15) is 24.0 Å². The van der Waals surface area contributed by atoms with Crippen molar-refractivity contribution >= 4 is 0 Å². The SMILES string of the molecule is CCc1cc(-c2cnc(C(F)(F)F)nc2)cnc1C. The fourth-order valence-corrected chi connectivity index (χ4v) is 1.72. The van der Waals surface area contributed by atoms with Gasteiger partial charge in [-0.3, -0.25) is 4.98 Å². The van der Waals surface area contributed by atoms with Gasteiger partial charge in [0.25, 0.3) is 0 Å². The summed E-state index contributed by atoms with van der Waals surface area (Å²) in [5.41, 5.74) is 3.21. The van der Waals surface area contributed by atoms with Crippen molar-refractivity contribution in [3.63, 3.8) is 0 Å². The fourth-order valence-electron chi connectivity index (χ4n) is 1.72. The molecule has 19 heavy (non-hydrogen) atoms. The molecule has 0 amide bonds. The number of nitrogens with zero attached hydrogens (tertiary/aromatic N) is 3. The third kappa shape index (κ3) is 2.89. The van der Waals surface area contributed by atoms with Gasteiger partial charge in [-0.15, -0.1) is 0 Å². The Kier molecular flexibility index (Phi) is 3.50. The van der Waals surface area contributed by atoms with Crippen LogP contribution in [-0.2, 0) is 12.6 Å². The van der Waals surface area contributed by atoms with Gasteiger partial charge in [0.2, 0.25) is 5.82 Å². The van der Waals surface area contributed by atoms with E-state index in [0.29, 0.717) is 5.56 Å². The molecular weight excluding hydrogens is 255 g/mol. The van der Waals surface area contributed by atoms with Gasteiger partial charge in [-0.05, 0) is 25.0 Å². The summed E-state index contributed by atoms with van der Waals surface area (Å²) in [4.78, 5) is 10.9. The molecule has 2 heterocycles. The van der Waals surface area contributed by atoms with Gasteiger partial charge < -0.3 is 0 Å². The Labute approximate surface area is 108 Å². The number of hydrogen-bond donors (Lipinski definition) is 0. The van der Waals surface area contributed by atoms with Gasteiger partial charge in [-0.1, -0.05) is 6.92 Å². The van der Waals surface area contributed by atoms with Gasteiger partial charge in [0, 0.05) is 35.4 Å². The molecule has 0 aromatic carbocycles. The van der Waals surface area contributed by atoms with E-state index in [-0.39, 0.29) is 0 Å². The van der Waals surface area contributed by atoms with Crippen LogP contribution in [0.4, 0.5) is 13.2 Å². The molecule has 0 saturated heterocycles. The highest BCUT2D eigenvalue weighted by Gasteiger charge is 2.34. The summed E-state index contributed by atoms with van der Waals surface area (Å²) in [6.07, 6.45) is 0.246. The number of halogens is 3. The van der Waals surface area contributed by atoms with Gasteiger partial charge in [0.05, 0.1) is 0 Å². The normalized spacial score (nSPS) is 11.6. The predicted octanol–water partition coefficient (Wildman–Crippen LogP) is 3.43. The van der Waals surface area contributed by atoms with Crippen molar-refractivity contribution in [2.45, 2.75) is 26.4 Å². The lowest BCUT2D eigenvalue weighted by Gasteiger charge is -2.07. The summed E-state index contributed by atoms with van der Waals surface area (Å²) in [5, 5.41) is 0. The first-order chi connectivity index (χ1) is 8.91. The molecule has 3 nitrogen and oxygen atoms in total. The Balaban J connectivity index is 2.37. The second kappa shape index (κ2) is 4.95. The monoisotopic (exact) mass is 267 g/mol. The molecule has 0 aliphatic carbocycles. The maximum absolute atomic E-state index is 12.4. The molecular formula is C13H12F3N3. The van der Waals surface area contributed by atoms with E-state index in [2.05, 4.69) is 15.0 Å². The number of hydrogen-bond acceptors (Lipinski definition) is 3. The highest BCUT2D eigenvalue weighted by atomic mass is 19.4. The highest BCUT2D eigenvalue weighted by molar-refractivity contribution is 5.61. The number of aryl methyl sites for hydroxylation is 2. The minimum absolute atomic E-state index is 0.523. The summed E-state index contributed by atoms with van der Waals surface area (Å²) in [6, 6.07) is 1.90. The average molecular weight is 267 g/mol. The number of pyridine rings is 1. The molecule has 2 aromatic heterocycles. The summed E-state index contributed by atoms with van der Waals surface area (Å²) in [6.45, 7) is 3.89. The molecule has 0 atom stereocenters. The summed E-state index contributed by atoms with van der Waals surface area (Å²) < 4.78 is 37.1. The molecule has 0 bridgehead atoms. The van der Waals surface area contributed by atoms with Crippen LogP contribution in [0, 0.1) is 6.92 Å². The van der Waals surface area contributed by atoms with Gasteiger partial charge in [-0.25, -0.2) is 9.97 Å². The molecule has 0 aliphatic rings. The van der Waals surface area contributed by atoms with Gasteiger partial charge in [0.1, 0.15) is 0 Å². The van der Waals surface area contributed by atoms with Crippen LogP contribution in [0.25, 0.3) is 11.1 Å². The van der Waals surface area contributed by atoms with Crippen LogP contribution in [-0.4, -0.2) is 15.0 Å². The first-order valence-corrected chi connectivity index (χ1v) is 5.77. The lowest BCUT2D eigenvalue weighted by Crippen LogP contribution is -2.10. The third-order valence-electron chi connectivity index (χ3n) is 2.81. The molecule has 100 valence electrons. The smallest absolute Gasteiger partial charge is 0.261 e. The van der Waals surface area contributed by atoms with Crippen molar-refractivity contribution in [1.82, 2.24) is 15.0 Å². The first kappa shape index (κ1) is 13.5. The maximum atomic E-state index is 12.4. The topological polar surface area (TPSA) is 38.7 Å². The van der Waals surface area contributed by atoms with Crippen molar-refractivity contribution in [3.8, 4) is 11.1 Å². The maximum Gasteiger partial charge on any atom is 0.451 e. The highest BCUT2D eigenvalue weighted by Crippen LogP contribution is 2.27. The van der Waals surface area contributed by atoms with Crippen LogP contribution in [0.3, 0.4) is 0 Å². The van der Waals surface area contributed by atoms with E-state index in [1.54, 1.807) is 6.20 Å². The van der Waals surface area contributed by atoms with Gasteiger partial charge in [0.15, 0.2) is 0 Å². The van der Waals surface area contributed by atoms with Crippen molar-refractivity contribution in [1.29, 1.82) is 0 Å². The van der Waals surface area contributed by atoms with E-state index < -0.39 is 12.0 Å². The van der Waals surface area contributed by atoms with Crippen molar-refractivity contribution in [2.24, 2.45) is 0 Å². The quantitative estimate of drug-likeness (QED) is 0.836. The summed E-state index contributed by atoms with van der Waals surface area (Å²) in [7, 11) is 0. The van der Waals surface area contributed by atoms with Gasteiger partial charge in [-0.2, -0.15) is 13.2 Å². The van der Waals surface area contributed by atoms with E-state index >= 15 is 0 Å². The van der Waals surface area contributed by atoms with E-state index in [1.807, 2.05) is 19.9 Å². The summed E-state index contributed by atoms with van der Waals surface area (Å²) in [5.74, 6) is -1.13. The number of rotatable bonds is 2. The third-order valence-corrected chi connectivity index (χ3v) is 2.81. The Morgan fingerprint density at radius 3 is 2.11 bits per heavy atom. The molecule has 0 aliphatic heterocycles. The van der Waals surface area contributed by atoms with E-state index in [0.717, 1.165) is 23.2 Å². The van der Waals surface area contributed by atoms with Crippen LogP contribution >= 0.6 is 0 Å². The average Bonchev–Trinajstić information content (AvgIpc) is 2.38. The lowest BCUT2D eigenvalue weighted by molar-refractivity contribution is -0.144. The molecule has 0 N–H and O–H groups in total. The van der Waals surface area contributed by atoms with E-state index in [4.69, 9.17) is 0 Å².